The maximum absolute atomic E-state index is 10.2. The molecule has 1 aromatic rings. The second kappa shape index (κ2) is 6.94. The summed E-state index contributed by atoms with van der Waals surface area (Å²) in [5.41, 5.74) is 3.04. The SMILES string of the molecule is OC(CSc1ccc2c(c1)CCC2)CN1CCNCC1. The van der Waals surface area contributed by atoms with Crippen LogP contribution in [0.1, 0.15) is 17.5 Å². The highest BCUT2D eigenvalue weighted by molar-refractivity contribution is 7.99. The maximum Gasteiger partial charge on any atom is 0.0760 e. The van der Waals surface area contributed by atoms with Gasteiger partial charge in [-0.3, -0.25) is 4.90 Å². The number of rotatable bonds is 5. The Labute approximate surface area is 125 Å². The molecular formula is C16H24N2OS. The molecular weight excluding hydrogens is 268 g/mol. The van der Waals surface area contributed by atoms with Crippen molar-refractivity contribution in [3.63, 3.8) is 0 Å². The first-order valence-corrected chi connectivity index (χ1v) is 8.65. The molecule has 0 aromatic heterocycles. The van der Waals surface area contributed by atoms with E-state index < -0.39 is 0 Å². The van der Waals surface area contributed by atoms with Crippen molar-refractivity contribution in [2.24, 2.45) is 0 Å². The zero-order chi connectivity index (χ0) is 13.8. The molecule has 1 heterocycles. The zero-order valence-electron chi connectivity index (χ0n) is 12.0. The number of hydrogen-bond acceptors (Lipinski definition) is 4. The fraction of sp³-hybridized carbons (Fsp3) is 0.625. The molecule has 110 valence electrons. The third kappa shape index (κ3) is 3.76. The molecule has 0 bridgehead atoms. The fourth-order valence-electron chi connectivity index (χ4n) is 3.07. The molecule has 1 unspecified atom stereocenters. The van der Waals surface area contributed by atoms with Crippen molar-refractivity contribution in [1.82, 2.24) is 10.2 Å². The number of piperazine rings is 1. The van der Waals surface area contributed by atoms with Gasteiger partial charge < -0.3 is 10.4 Å². The zero-order valence-corrected chi connectivity index (χ0v) is 12.8. The van der Waals surface area contributed by atoms with Crippen LogP contribution in [0.15, 0.2) is 23.1 Å². The minimum atomic E-state index is -0.230. The number of hydrogen-bond donors (Lipinski definition) is 2. The molecule has 1 fully saturated rings. The average Bonchev–Trinajstić information content (AvgIpc) is 2.93. The molecule has 2 aliphatic rings. The summed E-state index contributed by atoms with van der Waals surface area (Å²) >= 11 is 1.79. The number of aryl methyl sites for hydroxylation is 2. The molecule has 0 saturated carbocycles. The summed E-state index contributed by atoms with van der Waals surface area (Å²) in [6.07, 6.45) is 3.54. The third-order valence-electron chi connectivity index (χ3n) is 4.19. The predicted molar refractivity (Wildman–Crippen MR) is 84.5 cm³/mol. The number of fused-ring (bicyclic) bond motifs is 1. The van der Waals surface area contributed by atoms with E-state index in [4.69, 9.17) is 0 Å². The summed E-state index contributed by atoms with van der Waals surface area (Å²) in [6.45, 7) is 5.01. The molecule has 0 amide bonds. The molecule has 1 atom stereocenters. The van der Waals surface area contributed by atoms with E-state index in [0.29, 0.717) is 0 Å². The first-order chi connectivity index (χ1) is 9.81. The van der Waals surface area contributed by atoms with E-state index in [1.54, 1.807) is 11.8 Å². The van der Waals surface area contributed by atoms with Crippen molar-refractivity contribution in [3.8, 4) is 0 Å². The number of nitrogens with zero attached hydrogens (tertiary/aromatic N) is 1. The van der Waals surface area contributed by atoms with E-state index in [1.807, 2.05) is 0 Å². The summed E-state index contributed by atoms with van der Waals surface area (Å²) < 4.78 is 0. The van der Waals surface area contributed by atoms with Crippen LogP contribution in [0.3, 0.4) is 0 Å². The van der Waals surface area contributed by atoms with Gasteiger partial charge in [-0.1, -0.05) is 6.07 Å². The Morgan fingerprint density at radius 2 is 2.00 bits per heavy atom. The predicted octanol–water partition coefficient (Wildman–Crippen LogP) is 1.53. The molecule has 0 spiro atoms. The molecule has 20 heavy (non-hydrogen) atoms. The Kier molecular flexibility index (Phi) is 4.99. The summed E-state index contributed by atoms with van der Waals surface area (Å²) in [5, 5.41) is 13.5. The average molecular weight is 292 g/mol. The molecule has 3 rings (SSSR count). The van der Waals surface area contributed by atoms with Gasteiger partial charge in [-0.15, -0.1) is 11.8 Å². The first kappa shape index (κ1) is 14.4. The standard InChI is InChI=1S/C16H24N2OS/c19-15(11-18-8-6-17-7-9-18)12-20-16-5-4-13-2-1-3-14(13)10-16/h4-5,10,15,17,19H,1-3,6-9,11-12H2. The highest BCUT2D eigenvalue weighted by Gasteiger charge is 2.15. The van der Waals surface area contributed by atoms with Gasteiger partial charge in [0.2, 0.25) is 0 Å². The quantitative estimate of drug-likeness (QED) is 0.807. The van der Waals surface area contributed by atoms with E-state index in [9.17, 15) is 5.11 Å². The normalized spacial score (nSPS) is 20.9. The van der Waals surface area contributed by atoms with E-state index in [0.717, 1.165) is 38.5 Å². The number of nitrogens with one attached hydrogen (secondary N) is 1. The lowest BCUT2D eigenvalue weighted by molar-refractivity contribution is 0.121. The van der Waals surface area contributed by atoms with Crippen LogP contribution < -0.4 is 5.32 Å². The Morgan fingerprint density at radius 3 is 2.85 bits per heavy atom. The van der Waals surface area contributed by atoms with Gasteiger partial charge in [0.05, 0.1) is 6.10 Å². The van der Waals surface area contributed by atoms with Crippen molar-refractivity contribution in [3.05, 3.63) is 29.3 Å². The highest BCUT2D eigenvalue weighted by Crippen LogP contribution is 2.27. The lowest BCUT2D eigenvalue weighted by Gasteiger charge is -2.28. The Bertz CT molecular complexity index is 446. The number of benzene rings is 1. The summed E-state index contributed by atoms with van der Waals surface area (Å²) in [6, 6.07) is 6.81. The minimum Gasteiger partial charge on any atom is -0.391 e. The Morgan fingerprint density at radius 1 is 1.20 bits per heavy atom. The van der Waals surface area contributed by atoms with Crippen LogP contribution >= 0.6 is 11.8 Å². The van der Waals surface area contributed by atoms with Gasteiger partial charge >= 0.3 is 0 Å². The molecule has 1 saturated heterocycles. The maximum atomic E-state index is 10.2. The third-order valence-corrected chi connectivity index (χ3v) is 5.33. The molecule has 4 heteroatoms. The van der Waals surface area contributed by atoms with Crippen molar-refractivity contribution in [1.29, 1.82) is 0 Å². The smallest absolute Gasteiger partial charge is 0.0760 e. The van der Waals surface area contributed by atoms with Crippen molar-refractivity contribution < 1.29 is 5.11 Å². The monoisotopic (exact) mass is 292 g/mol. The fourth-order valence-corrected chi connectivity index (χ4v) is 3.95. The molecule has 3 nitrogen and oxygen atoms in total. The van der Waals surface area contributed by atoms with Gasteiger partial charge in [0.25, 0.3) is 0 Å². The lowest BCUT2D eigenvalue weighted by atomic mass is 10.1. The van der Waals surface area contributed by atoms with E-state index in [-0.39, 0.29) is 6.10 Å². The van der Waals surface area contributed by atoms with Crippen LogP contribution in [0.4, 0.5) is 0 Å². The lowest BCUT2D eigenvalue weighted by Crippen LogP contribution is -2.46. The van der Waals surface area contributed by atoms with Gasteiger partial charge in [-0.25, -0.2) is 0 Å². The molecule has 2 N–H and O–H groups in total. The number of aliphatic hydroxyl groups excluding tert-OH is 1. The summed E-state index contributed by atoms with van der Waals surface area (Å²) in [4.78, 5) is 3.66. The van der Waals surface area contributed by atoms with Gasteiger partial charge in [0.15, 0.2) is 0 Å². The van der Waals surface area contributed by atoms with Crippen LogP contribution in [0, 0.1) is 0 Å². The molecule has 1 aromatic carbocycles. The van der Waals surface area contributed by atoms with Crippen molar-refractivity contribution in [2.75, 3.05) is 38.5 Å². The number of aliphatic hydroxyl groups is 1. The van der Waals surface area contributed by atoms with E-state index in [2.05, 4.69) is 28.4 Å². The van der Waals surface area contributed by atoms with Crippen LogP contribution in [0.5, 0.6) is 0 Å². The Hall–Kier alpha value is -0.550. The van der Waals surface area contributed by atoms with Crippen molar-refractivity contribution in [2.45, 2.75) is 30.3 Å². The Balaban J connectivity index is 1.46. The largest absolute Gasteiger partial charge is 0.391 e. The minimum absolute atomic E-state index is 0.230. The summed E-state index contributed by atoms with van der Waals surface area (Å²) in [5.74, 6) is 0.794. The van der Waals surface area contributed by atoms with Crippen LogP contribution in [-0.4, -0.2) is 54.6 Å². The van der Waals surface area contributed by atoms with Crippen molar-refractivity contribution >= 4 is 11.8 Å². The highest BCUT2D eigenvalue weighted by atomic mass is 32.2. The molecule has 1 aliphatic carbocycles. The number of β-amino-alcohol motifs (C(OH)–C–C–N with tert-alkyl or cyclic N) is 1. The summed E-state index contributed by atoms with van der Waals surface area (Å²) in [7, 11) is 0. The van der Waals surface area contributed by atoms with Gasteiger partial charge in [-0.05, 0) is 42.5 Å². The van der Waals surface area contributed by atoms with E-state index in [1.165, 1.54) is 35.3 Å². The molecule has 1 aliphatic heterocycles. The second-order valence-electron chi connectivity index (χ2n) is 5.80. The van der Waals surface area contributed by atoms with Crippen LogP contribution in [-0.2, 0) is 12.8 Å². The first-order valence-electron chi connectivity index (χ1n) is 7.67. The van der Waals surface area contributed by atoms with Gasteiger partial charge in [0, 0.05) is 43.4 Å². The number of thioether (sulfide) groups is 1. The van der Waals surface area contributed by atoms with Gasteiger partial charge in [0.1, 0.15) is 0 Å². The molecule has 0 radical (unpaired) electrons. The van der Waals surface area contributed by atoms with E-state index >= 15 is 0 Å². The second-order valence-corrected chi connectivity index (χ2v) is 6.89. The van der Waals surface area contributed by atoms with Crippen LogP contribution in [0.25, 0.3) is 0 Å². The topological polar surface area (TPSA) is 35.5 Å². The van der Waals surface area contributed by atoms with Gasteiger partial charge in [-0.2, -0.15) is 0 Å². The van der Waals surface area contributed by atoms with Crippen LogP contribution in [0.2, 0.25) is 0 Å².